The van der Waals surface area contributed by atoms with E-state index in [2.05, 4.69) is 26.1 Å². The normalized spacial score (nSPS) is 22.6. The summed E-state index contributed by atoms with van der Waals surface area (Å²) in [6.07, 6.45) is 1.81. The molecule has 0 bridgehead atoms. The Morgan fingerprint density at radius 3 is 2.64 bits per heavy atom. The first kappa shape index (κ1) is 16.2. The van der Waals surface area contributed by atoms with E-state index < -0.39 is 0 Å². The maximum absolute atomic E-state index is 14.5. The van der Waals surface area contributed by atoms with Crippen LogP contribution < -0.4 is 5.32 Å². The summed E-state index contributed by atoms with van der Waals surface area (Å²) in [7, 11) is 0. The highest BCUT2D eigenvalue weighted by atomic mass is 79.9. The van der Waals surface area contributed by atoms with Crippen LogP contribution in [0.2, 0.25) is 0 Å². The number of hydrogen-bond acceptors (Lipinski definition) is 4. The van der Waals surface area contributed by atoms with Gasteiger partial charge < -0.3 is 15.2 Å². The first-order chi connectivity index (χ1) is 10.7. The van der Waals surface area contributed by atoms with Crippen molar-refractivity contribution in [1.29, 1.82) is 0 Å². The molecule has 1 atom stereocenters. The minimum absolute atomic E-state index is 0.0371. The van der Waals surface area contributed by atoms with Gasteiger partial charge in [-0.15, -0.1) is 0 Å². The number of nitrogens with one attached hydrogen (secondary N) is 1. The van der Waals surface area contributed by atoms with Crippen LogP contribution >= 0.6 is 15.9 Å². The van der Waals surface area contributed by atoms with Crippen LogP contribution in [0.4, 0.5) is 4.39 Å². The van der Waals surface area contributed by atoms with Gasteiger partial charge in [0.1, 0.15) is 11.6 Å². The fraction of sp³-hybridized carbons (Fsp3) is 0.625. The fourth-order valence-electron chi connectivity index (χ4n) is 3.55. The van der Waals surface area contributed by atoms with Crippen molar-refractivity contribution < 1.29 is 14.2 Å². The number of phenolic OH excluding ortho intramolecular Hbond substituents is 1. The summed E-state index contributed by atoms with van der Waals surface area (Å²) in [5.74, 6) is 0.0206. The summed E-state index contributed by atoms with van der Waals surface area (Å²) in [6.45, 7) is 4.96. The second-order valence-corrected chi connectivity index (χ2v) is 6.83. The van der Waals surface area contributed by atoms with Gasteiger partial charge >= 0.3 is 0 Å². The molecule has 22 heavy (non-hydrogen) atoms. The third kappa shape index (κ3) is 3.30. The fourth-order valence-corrected chi connectivity index (χ4v) is 3.89. The minimum atomic E-state index is -0.323. The first-order valence-electron chi connectivity index (χ1n) is 7.88. The lowest BCUT2D eigenvalue weighted by molar-refractivity contribution is 0.0195. The van der Waals surface area contributed by atoms with Gasteiger partial charge in [-0.25, -0.2) is 4.39 Å². The molecular formula is C16H22BrFN2O2. The van der Waals surface area contributed by atoms with Crippen molar-refractivity contribution in [3.8, 4) is 5.75 Å². The number of nitrogens with zero attached hydrogens (tertiary/aromatic N) is 1. The highest BCUT2D eigenvalue weighted by Crippen LogP contribution is 2.43. The number of halogens is 2. The predicted octanol–water partition coefficient (Wildman–Crippen LogP) is 2.67. The molecule has 0 aliphatic carbocycles. The van der Waals surface area contributed by atoms with Gasteiger partial charge in [-0.3, -0.25) is 4.90 Å². The quantitative estimate of drug-likeness (QED) is 0.855. The Bertz CT molecular complexity index is 499. The van der Waals surface area contributed by atoms with Gasteiger partial charge in [-0.2, -0.15) is 0 Å². The molecule has 6 heteroatoms. The predicted molar refractivity (Wildman–Crippen MR) is 86.5 cm³/mol. The average molecular weight is 373 g/mol. The number of ether oxygens (including phenoxy) is 1. The number of rotatable bonds is 3. The maximum atomic E-state index is 14.5. The summed E-state index contributed by atoms with van der Waals surface area (Å²) >= 11 is 3.32. The van der Waals surface area contributed by atoms with Gasteiger partial charge in [0.15, 0.2) is 0 Å². The molecule has 0 radical (unpaired) electrons. The van der Waals surface area contributed by atoms with Crippen molar-refractivity contribution in [2.24, 2.45) is 5.92 Å². The van der Waals surface area contributed by atoms with Crippen LogP contribution in [0.3, 0.4) is 0 Å². The average Bonchev–Trinajstić information content (AvgIpc) is 2.57. The van der Waals surface area contributed by atoms with Gasteiger partial charge in [0.2, 0.25) is 0 Å². The molecule has 122 valence electrons. The Hall–Kier alpha value is -0.690. The largest absolute Gasteiger partial charge is 0.506 e. The van der Waals surface area contributed by atoms with E-state index in [4.69, 9.17) is 4.74 Å². The highest BCUT2D eigenvalue weighted by Gasteiger charge is 2.35. The molecule has 0 amide bonds. The second kappa shape index (κ2) is 7.25. The molecule has 2 fully saturated rings. The van der Waals surface area contributed by atoms with Crippen LogP contribution in [0.15, 0.2) is 16.6 Å². The molecule has 4 nitrogen and oxygen atoms in total. The highest BCUT2D eigenvalue weighted by molar-refractivity contribution is 9.10. The van der Waals surface area contributed by atoms with Crippen LogP contribution in [-0.2, 0) is 4.74 Å². The first-order valence-corrected chi connectivity index (χ1v) is 8.67. The molecule has 2 N–H and O–H groups in total. The zero-order chi connectivity index (χ0) is 15.5. The standard InChI is InChI=1S/C16H22BrFN2O2/c17-12-1-2-13(18)14(16(12)21)15(11-3-9-22-10-4-11)20-7-5-19-6-8-20/h1-2,11,15,19,21H,3-10H2/t15-/m0/s1. The van der Waals surface area contributed by atoms with Crippen molar-refractivity contribution in [2.75, 3.05) is 39.4 Å². The molecule has 2 heterocycles. The Morgan fingerprint density at radius 2 is 1.95 bits per heavy atom. The van der Waals surface area contributed by atoms with Crippen molar-refractivity contribution in [3.05, 3.63) is 28.0 Å². The van der Waals surface area contributed by atoms with Crippen LogP contribution in [0, 0.1) is 11.7 Å². The molecule has 2 aliphatic heterocycles. The molecular weight excluding hydrogens is 351 g/mol. The van der Waals surface area contributed by atoms with Crippen molar-refractivity contribution in [1.82, 2.24) is 10.2 Å². The topological polar surface area (TPSA) is 44.7 Å². The van der Waals surface area contributed by atoms with Crippen LogP contribution in [0.1, 0.15) is 24.4 Å². The van der Waals surface area contributed by atoms with Crippen LogP contribution in [0.25, 0.3) is 0 Å². The van der Waals surface area contributed by atoms with Gasteiger partial charge in [-0.1, -0.05) is 0 Å². The minimum Gasteiger partial charge on any atom is -0.506 e. The number of hydrogen-bond donors (Lipinski definition) is 2. The number of phenols is 1. The Kier molecular flexibility index (Phi) is 5.33. The molecule has 0 unspecified atom stereocenters. The molecule has 1 aromatic rings. The summed E-state index contributed by atoms with van der Waals surface area (Å²) in [5, 5.41) is 13.8. The second-order valence-electron chi connectivity index (χ2n) is 5.97. The SMILES string of the molecule is Oc1c(Br)ccc(F)c1[C@H](C1CCOCC1)N1CCNCC1. The van der Waals surface area contributed by atoms with Crippen molar-refractivity contribution in [3.63, 3.8) is 0 Å². The Morgan fingerprint density at radius 1 is 1.27 bits per heavy atom. The molecule has 0 aromatic heterocycles. The summed E-state index contributed by atoms with van der Waals surface area (Å²) in [6, 6.07) is 2.91. The monoisotopic (exact) mass is 372 g/mol. The van der Waals surface area contributed by atoms with E-state index in [0.717, 1.165) is 39.0 Å². The summed E-state index contributed by atoms with van der Waals surface area (Å²) in [5.41, 5.74) is 0.433. The lowest BCUT2D eigenvalue weighted by atomic mass is 9.85. The third-order valence-electron chi connectivity index (χ3n) is 4.67. The van der Waals surface area contributed by atoms with Gasteiger partial charge in [0.25, 0.3) is 0 Å². The van der Waals surface area contributed by atoms with Gasteiger partial charge in [-0.05, 0) is 46.8 Å². The van der Waals surface area contributed by atoms with Crippen LogP contribution in [0.5, 0.6) is 5.75 Å². The summed E-state index contributed by atoms with van der Waals surface area (Å²) in [4.78, 5) is 2.30. The maximum Gasteiger partial charge on any atom is 0.137 e. The zero-order valence-corrected chi connectivity index (χ0v) is 14.1. The van der Waals surface area contributed by atoms with Gasteiger partial charge in [0, 0.05) is 51.0 Å². The van der Waals surface area contributed by atoms with Crippen molar-refractivity contribution >= 4 is 15.9 Å². The molecule has 1 aromatic carbocycles. The number of benzene rings is 1. The van der Waals surface area contributed by atoms with E-state index in [-0.39, 0.29) is 17.6 Å². The van der Waals surface area contributed by atoms with Crippen LogP contribution in [-0.4, -0.2) is 49.4 Å². The van der Waals surface area contributed by atoms with Crippen molar-refractivity contribution in [2.45, 2.75) is 18.9 Å². The number of aromatic hydroxyl groups is 1. The molecule has 2 aliphatic rings. The zero-order valence-electron chi connectivity index (χ0n) is 12.5. The van der Waals surface area contributed by atoms with E-state index in [1.807, 2.05) is 0 Å². The number of piperazine rings is 1. The lowest BCUT2D eigenvalue weighted by Crippen LogP contribution is -2.47. The molecule has 3 rings (SSSR count). The van der Waals surface area contributed by atoms with E-state index in [1.54, 1.807) is 6.07 Å². The molecule has 0 spiro atoms. The van der Waals surface area contributed by atoms with Gasteiger partial charge in [0.05, 0.1) is 4.47 Å². The molecule has 0 saturated carbocycles. The lowest BCUT2D eigenvalue weighted by Gasteiger charge is -2.41. The smallest absolute Gasteiger partial charge is 0.137 e. The Labute approximate surface area is 138 Å². The van der Waals surface area contributed by atoms with E-state index >= 15 is 0 Å². The Balaban J connectivity index is 1.98. The summed E-state index contributed by atoms with van der Waals surface area (Å²) < 4.78 is 20.5. The van der Waals surface area contributed by atoms with E-state index in [1.165, 1.54) is 6.07 Å². The molecule has 2 saturated heterocycles. The van der Waals surface area contributed by atoms with E-state index in [9.17, 15) is 9.50 Å². The van der Waals surface area contributed by atoms with E-state index in [0.29, 0.717) is 29.2 Å². The third-order valence-corrected chi connectivity index (χ3v) is 5.31.